The molecule has 0 N–H and O–H groups in total. The molecule has 49 heavy (non-hydrogen) atoms. The normalized spacial score (nSPS) is 15.2. The Kier molecular flexibility index (Phi) is 10.3. The number of benzene rings is 2. The molecule has 0 saturated carbocycles. The molecule has 0 spiro atoms. The minimum absolute atomic E-state index is 0.164. The minimum atomic E-state index is -4.27. The number of hydrogen-bond donors (Lipinski definition) is 0. The average molecular weight is 711 g/mol. The van der Waals surface area contributed by atoms with Gasteiger partial charge in [0.05, 0.1) is 33.3 Å². The van der Waals surface area contributed by atoms with Gasteiger partial charge in [0.2, 0.25) is 0 Å². The second-order valence-corrected chi connectivity index (χ2v) is 15.5. The summed E-state index contributed by atoms with van der Waals surface area (Å²) in [6.07, 6.45) is 5.54. The summed E-state index contributed by atoms with van der Waals surface area (Å²) in [4.78, 5) is 12.5. The summed E-state index contributed by atoms with van der Waals surface area (Å²) in [6.45, 7) is 8.12. The molecule has 2 aromatic heterocycles. The summed E-state index contributed by atoms with van der Waals surface area (Å²) < 4.78 is 73.4. The van der Waals surface area contributed by atoms with Crippen molar-refractivity contribution in [1.82, 2.24) is 9.97 Å². The van der Waals surface area contributed by atoms with E-state index in [0.29, 0.717) is 18.8 Å². The molecule has 1 aliphatic rings. The van der Waals surface area contributed by atoms with Crippen LogP contribution in [-0.4, -0.2) is 79.1 Å². The van der Waals surface area contributed by atoms with Crippen molar-refractivity contribution in [3.8, 4) is 33.8 Å². The fraction of sp³-hybridized carbons (Fsp3) is 0.371. The van der Waals surface area contributed by atoms with Gasteiger partial charge in [-0.2, -0.15) is 16.8 Å². The maximum Gasteiger partial charge on any atom is 0.301 e. The fourth-order valence-corrected chi connectivity index (χ4v) is 7.79. The first kappa shape index (κ1) is 36.1. The lowest BCUT2D eigenvalue weighted by molar-refractivity contribution is -0.0948. The Labute approximate surface area is 288 Å². The van der Waals surface area contributed by atoms with Gasteiger partial charge in [0.15, 0.2) is 0 Å². The SMILES string of the molecule is COc1c(C)cc(-c2ccc(N3CCCN(c4ccc(-c5cc(C)c(OC)c(C)c5)cn4)C(OS(C)(=O)=O)(OS(C)(=O)=O)C3)nc2)cc1C. The summed E-state index contributed by atoms with van der Waals surface area (Å²) in [6, 6.07) is 15.3. The standard InChI is InChI=1S/C35H42N4O8S2/c1-23-16-29(17-24(2)33(23)44-5)27-10-12-31(36-20-27)38-14-9-15-39(35(22-38,46-48(7,40)41)47-49(8,42)43)32-13-11-28(21-37-32)30-18-25(3)34(45-6)26(4)19-30/h10-13,16-21H,9,14-15,22H2,1-8H3. The van der Waals surface area contributed by atoms with Crippen LogP contribution in [-0.2, 0) is 28.6 Å². The van der Waals surface area contributed by atoms with E-state index in [0.717, 1.165) is 68.5 Å². The van der Waals surface area contributed by atoms with Crippen LogP contribution in [0.25, 0.3) is 22.3 Å². The van der Waals surface area contributed by atoms with Crippen LogP contribution < -0.4 is 19.3 Å². The zero-order valence-electron chi connectivity index (χ0n) is 29.0. The molecule has 0 atom stereocenters. The fourth-order valence-electron chi connectivity index (χ4n) is 6.45. The molecular formula is C35H42N4O8S2. The van der Waals surface area contributed by atoms with Crippen LogP contribution in [0.2, 0.25) is 0 Å². The predicted octanol–water partition coefficient (Wildman–Crippen LogP) is 5.38. The number of pyridine rings is 2. The van der Waals surface area contributed by atoms with Gasteiger partial charge in [-0.05, 0) is 116 Å². The Bertz CT molecular complexity index is 1970. The van der Waals surface area contributed by atoms with Gasteiger partial charge in [0, 0.05) is 36.6 Å². The summed E-state index contributed by atoms with van der Waals surface area (Å²) in [7, 11) is -5.26. The Morgan fingerprint density at radius 3 is 1.43 bits per heavy atom. The highest BCUT2D eigenvalue weighted by molar-refractivity contribution is 7.86. The molecule has 1 fully saturated rings. The molecule has 0 unspecified atom stereocenters. The van der Waals surface area contributed by atoms with E-state index in [1.807, 2.05) is 64.1 Å². The van der Waals surface area contributed by atoms with Crippen LogP contribution in [0.1, 0.15) is 28.7 Å². The molecule has 0 amide bonds. The first-order valence-corrected chi connectivity index (χ1v) is 19.2. The third-order valence-corrected chi connectivity index (χ3v) is 9.39. The number of nitrogens with zero attached hydrogens (tertiary/aromatic N) is 4. The van der Waals surface area contributed by atoms with E-state index in [9.17, 15) is 16.8 Å². The third kappa shape index (κ3) is 8.15. The lowest BCUT2D eigenvalue weighted by atomic mass is 10.0. The van der Waals surface area contributed by atoms with Crippen molar-refractivity contribution in [2.75, 3.05) is 56.2 Å². The Morgan fingerprint density at radius 2 is 1.06 bits per heavy atom. The summed E-state index contributed by atoms with van der Waals surface area (Å²) in [5.74, 6) is 0.0566. The highest BCUT2D eigenvalue weighted by Crippen LogP contribution is 2.36. The predicted molar refractivity (Wildman–Crippen MR) is 190 cm³/mol. The monoisotopic (exact) mass is 710 g/mol. The van der Waals surface area contributed by atoms with E-state index in [4.69, 9.17) is 22.8 Å². The topological polar surface area (TPSA) is 137 Å². The second kappa shape index (κ2) is 13.9. The van der Waals surface area contributed by atoms with Crippen molar-refractivity contribution in [3.05, 3.63) is 83.2 Å². The van der Waals surface area contributed by atoms with Gasteiger partial charge in [-0.15, -0.1) is 0 Å². The van der Waals surface area contributed by atoms with Gasteiger partial charge in [0.1, 0.15) is 23.1 Å². The number of hydrogen-bond acceptors (Lipinski definition) is 12. The molecule has 12 nitrogen and oxygen atoms in total. The first-order valence-electron chi connectivity index (χ1n) is 15.6. The summed E-state index contributed by atoms with van der Waals surface area (Å²) in [5.41, 5.74) is 7.46. The van der Waals surface area contributed by atoms with Crippen LogP contribution in [0, 0.1) is 27.7 Å². The molecule has 262 valence electrons. The van der Waals surface area contributed by atoms with Crippen molar-refractivity contribution in [2.45, 2.75) is 40.0 Å². The van der Waals surface area contributed by atoms with Crippen LogP contribution in [0.3, 0.4) is 0 Å². The van der Waals surface area contributed by atoms with Gasteiger partial charge < -0.3 is 19.3 Å². The van der Waals surface area contributed by atoms with Crippen molar-refractivity contribution >= 4 is 31.9 Å². The smallest absolute Gasteiger partial charge is 0.301 e. The van der Waals surface area contributed by atoms with E-state index in [1.165, 1.54) is 4.90 Å². The molecule has 0 bridgehead atoms. The molecule has 3 heterocycles. The number of aromatic nitrogens is 2. The van der Waals surface area contributed by atoms with Gasteiger partial charge >= 0.3 is 5.91 Å². The highest BCUT2D eigenvalue weighted by atomic mass is 32.2. The molecular weight excluding hydrogens is 669 g/mol. The molecule has 1 saturated heterocycles. The second-order valence-electron chi connectivity index (χ2n) is 12.3. The van der Waals surface area contributed by atoms with Crippen LogP contribution in [0.5, 0.6) is 11.5 Å². The molecule has 5 rings (SSSR count). The van der Waals surface area contributed by atoms with Gasteiger partial charge in [0.25, 0.3) is 20.2 Å². The molecule has 0 aliphatic carbocycles. The van der Waals surface area contributed by atoms with Crippen molar-refractivity contribution < 1.29 is 34.7 Å². The van der Waals surface area contributed by atoms with E-state index in [1.54, 1.807) is 43.6 Å². The minimum Gasteiger partial charge on any atom is -0.496 e. The summed E-state index contributed by atoms with van der Waals surface area (Å²) >= 11 is 0. The van der Waals surface area contributed by atoms with Crippen molar-refractivity contribution in [2.24, 2.45) is 0 Å². The molecule has 4 aromatic rings. The number of methoxy groups -OCH3 is 2. The van der Waals surface area contributed by atoms with Crippen LogP contribution >= 0.6 is 0 Å². The van der Waals surface area contributed by atoms with E-state index in [-0.39, 0.29) is 18.9 Å². The van der Waals surface area contributed by atoms with Crippen LogP contribution in [0.4, 0.5) is 11.6 Å². The van der Waals surface area contributed by atoms with Crippen LogP contribution in [0.15, 0.2) is 60.9 Å². The number of rotatable bonds is 10. The van der Waals surface area contributed by atoms with Gasteiger partial charge in [-0.1, -0.05) is 0 Å². The van der Waals surface area contributed by atoms with E-state index in [2.05, 4.69) is 4.98 Å². The lowest BCUT2D eigenvalue weighted by Crippen LogP contribution is -2.60. The quantitative estimate of drug-likeness (QED) is 0.154. The molecule has 14 heteroatoms. The van der Waals surface area contributed by atoms with Gasteiger partial charge in [-0.25, -0.2) is 18.3 Å². The Morgan fingerprint density at radius 1 is 0.633 bits per heavy atom. The van der Waals surface area contributed by atoms with Gasteiger partial charge in [-0.3, -0.25) is 0 Å². The average Bonchev–Trinajstić information content (AvgIpc) is 3.18. The van der Waals surface area contributed by atoms with E-state index >= 15 is 0 Å². The molecule has 2 aromatic carbocycles. The van der Waals surface area contributed by atoms with E-state index < -0.39 is 26.1 Å². The maximum absolute atomic E-state index is 12.8. The number of anilines is 2. The zero-order chi connectivity index (χ0) is 35.7. The first-order chi connectivity index (χ1) is 23.0. The highest BCUT2D eigenvalue weighted by Gasteiger charge is 2.49. The summed E-state index contributed by atoms with van der Waals surface area (Å²) in [5, 5.41) is 0. The Hall–Kier alpha value is -4.24. The molecule has 0 radical (unpaired) electrons. The zero-order valence-corrected chi connectivity index (χ0v) is 30.6. The lowest BCUT2D eigenvalue weighted by Gasteiger charge is -2.41. The largest absolute Gasteiger partial charge is 0.496 e. The Balaban J connectivity index is 1.53. The maximum atomic E-state index is 12.8. The number of ether oxygens (including phenoxy) is 2. The third-order valence-electron chi connectivity index (χ3n) is 8.27. The van der Waals surface area contributed by atoms with Crippen molar-refractivity contribution in [3.63, 3.8) is 0 Å². The molecule has 1 aliphatic heterocycles. The van der Waals surface area contributed by atoms with Crippen molar-refractivity contribution in [1.29, 1.82) is 0 Å². The number of aryl methyl sites for hydroxylation is 4.